The Bertz CT molecular complexity index is 299. The van der Waals surface area contributed by atoms with E-state index in [2.05, 4.69) is 0 Å². The molecule has 0 unspecified atom stereocenters. The van der Waals surface area contributed by atoms with Crippen LogP contribution in [-0.4, -0.2) is 0 Å². The number of alkyl halides is 2. The van der Waals surface area contributed by atoms with Crippen molar-refractivity contribution in [3.05, 3.63) is 31.9 Å². The second kappa shape index (κ2) is 3.87. The van der Waals surface area contributed by atoms with Crippen molar-refractivity contribution in [2.24, 2.45) is 0 Å². The largest absolute Gasteiger partial charge is 0.266 e. The van der Waals surface area contributed by atoms with Crippen molar-refractivity contribution >= 4 is 34.2 Å². The minimum atomic E-state index is -2.50. The highest BCUT2D eigenvalue weighted by atomic mass is 127. The van der Waals surface area contributed by atoms with Crippen LogP contribution in [0.2, 0.25) is 5.02 Å². The predicted octanol–water partition coefficient (Wildman–Crippen LogP) is 4.19. The summed E-state index contributed by atoms with van der Waals surface area (Å²) >= 11 is 7.49. The van der Waals surface area contributed by atoms with E-state index < -0.39 is 6.43 Å². The van der Waals surface area contributed by atoms with E-state index in [0.29, 0.717) is 3.57 Å². The second-order valence-electron chi connectivity index (χ2n) is 2.39. The molecule has 0 N–H and O–H groups in total. The maximum Gasteiger partial charge on any atom is 0.266 e. The fourth-order valence-corrected chi connectivity index (χ4v) is 1.98. The van der Waals surface area contributed by atoms with E-state index >= 15 is 0 Å². The van der Waals surface area contributed by atoms with E-state index in [1.54, 1.807) is 13.0 Å². The molecule has 12 heavy (non-hydrogen) atoms. The summed E-state index contributed by atoms with van der Waals surface area (Å²) < 4.78 is 25.3. The first kappa shape index (κ1) is 10.2. The number of halogens is 4. The van der Waals surface area contributed by atoms with E-state index in [9.17, 15) is 8.78 Å². The first-order chi connectivity index (χ1) is 5.54. The summed E-state index contributed by atoms with van der Waals surface area (Å²) in [5, 5.41) is 0.139. The van der Waals surface area contributed by atoms with Gasteiger partial charge in [-0.2, -0.15) is 0 Å². The molecule has 0 atom stereocenters. The fraction of sp³-hybridized carbons (Fsp3) is 0.250. The molecule has 0 aromatic heterocycles. The summed E-state index contributed by atoms with van der Waals surface area (Å²) in [6.07, 6.45) is -2.50. The molecule has 0 aliphatic heterocycles. The van der Waals surface area contributed by atoms with Crippen molar-refractivity contribution < 1.29 is 8.78 Å². The maximum atomic E-state index is 12.4. The van der Waals surface area contributed by atoms with Crippen LogP contribution in [0.1, 0.15) is 17.6 Å². The second-order valence-corrected chi connectivity index (χ2v) is 3.88. The Balaban J connectivity index is 3.33. The Morgan fingerprint density at radius 2 is 2.00 bits per heavy atom. The van der Waals surface area contributed by atoms with E-state index in [-0.39, 0.29) is 10.6 Å². The van der Waals surface area contributed by atoms with Gasteiger partial charge in [-0.25, -0.2) is 8.78 Å². The van der Waals surface area contributed by atoms with Gasteiger partial charge in [-0.05, 0) is 41.1 Å². The minimum Gasteiger partial charge on any atom is -0.205 e. The van der Waals surface area contributed by atoms with Crippen LogP contribution in [0.5, 0.6) is 0 Å². The SMILES string of the molecule is Cc1ccc(Cl)c(C(F)F)c1I. The smallest absolute Gasteiger partial charge is 0.205 e. The monoisotopic (exact) mass is 302 g/mol. The molecule has 0 nitrogen and oxygen atoms in total. The van der Waals surface area contributed by atoms with Crippen LogP contribution in [0, 0.1) is 10.5 Å². The third kappa shape index (κ3) is 1.88. The topological polar surface area (TPSA) is 0 Å². The molecule has 0 radical (unpaired) electrons. The van der Waals surface area contributed by atoms with Crippen LogP contribution in [-0.2, 0) is 0 Å². The van der Waals surface area contributed by atoms with Crippen molar-refractivity contribution in [3.63, 3.8) is 0 Å². The molecule has 0 aliphatic rings. The number of hydrogen-bond donors (Lipinski definition) is 0. The molecule has 0 bridgehead atoms. The lowest BCUT2D eigenvalue weighted by Crippen LogP contribution is -1.93. The van der Waals surface area contributed by atoms with Gasteiger partial charge >= 0.3 is 0 Å². The molecule has 0 spiro atoms. The number of benzene rings is 1. The van der Waals surface area contributed by atoms with E-state index in [0.717, 1.165) is 5.56 Å². The molecule has 0 amide bonds. The molecule has 0 aliphatic carbocycles. The summed E-state index contributed by atoms with van der Waals surface area (Å²) in [6, 6.07) is 3.23. The Kier molecular flexibility index (Phi) is 3.29. The van der Waals surface area contributed by atoms with Gasteiger partial charge in [-0.15, -0.1) is 0 Å². The van der Waals surface area contributed by atoms with Crippen LogP contribution in [0.15, 0.2) is 12.1 Å². The first-order valence-corrected chi connectivity index (χ1v) is 4.72. The number of hydrogen-bond acceptors (Lipinski definition) is 0. The first-order valence-electron chi connectivity index (χ1n) is 3.26. The van der Waals surface area contributed by atoms with Gasteiger partial charge in [0.1, 0.15) is 0 Å². The van der Waals surface area contributed by atoms with Crippen LogP contribution in [0.4, 0.5) is 8.78 Å². The Hall–Kier alpha value is 0.100. The number of rotatable bonds is 1. The van der Waals surface area contributed by atoms with Crippen LogP contribution in [0.25, 0.3) is 0 Å². The standard InChI is InChI=1S/C8H6ClF2I/c1-4-2-3-5(9)6(7(4)12)8(10)11/h2-3,8H,1H3. The molecule has 0 saturated heterocycles. The zero-order valence-corrected chi connectivity index (χ0v) is 9.16. The van der Waals surface area contributed by atoms with Crippen molar-refractivity contribution in [1.29, 1.82) is 0 Å². The minimum absolute atomic E-state index is 0.0581. The third-order valence-electron chi connectivity index (χ3n) is 1.54. The zero-order chi connectivity index (χ0) is 9.30. The molecule has 1 aromatic rings. The van der Waals surface area contributed by atoms with E-state index in [1.165, 1.54) is 6.07 Å². The molecule has 0 heterocycles. The van der Waals surface area contributed by atoms with Gasteiger partial charge in [0.25, 0.3) is 6.43 Å². The molecular weight excluding hydrogens is 296 g/mol. The highest BCUT2D eigenvalue weighted by Crippen LogP contribution is 2.32. The molecule has 0 fully saturated rings. The van der Waals surface area contributed by atoms with Crippen molar-refractivity contribution in [2.75, 3.05) is 0 Å². The maximum absolute atomic E-state index is 12.4. The van der Waals surface area contributed by atoms with Crippen molar-refractivity contribution in [2.45, 2.75) is 13.3 Å². The Labute approximate surface area is 88.1 Å². The van der Waals surface area contributed by atoms with Crippen LogP contribution in [0.3, 0.4) is 0 Å². The third-order valence-corrected chi connectivity index (χ3v) is 3.30. The normalized spacial score (nSPS) is 10.8. The van der Waals surface area contributed by atoms with E-state index in [4.69, 9.17) is 11.6 Å². The van der Waals surface area contributed by atoms with Gasteiger partial charge in [0.2, 0.25) is 0 Å². The highest BCUT2D eigenvalue weighted by molar-refractivity contribution is 14.1. The summed E-state index contributed by atoms with van der Waals surface area (Å²) in [6.45, 7) is 1.78. The van der Waals surface area contributed by atoms with Gasteiger partial charge in [0.05, 0.1) is 5.02 Å². The highest BCUT2D eigenvalue weighted by Gasteiger charge is 2.16. The average Bonchev–Trinajstić information content (AvgIpc) is 1.97. The Morgan fingerprint density at radius 1 is 1.42 bits per heavy atom. The molecule has 1 aromatic carbocycles. The van der Waals surface area contributed by atoms with Crippen LogP contribution < -0.4 is 0 Å². The number of aryl methyl sites for hydroxylation is 1. The van der Waals surface area contributed by atoms with Crippen molar-refractivity contribution in [1.82, 2.24) is 0 Å². The molecule has 4 heteroatoms. The Morgan fingerprint density at radius 3 is 2.42 bits per heavy atom. The molecule has 1 rings (SSSR count). The van der Waals surface area contributed by atoms with Gasteiger partial charge < -0.3 is 0 Å². The average molecular weight is 302 g/mol. The summed E-state index contributed by atoms with van der Waals surface area (Å²) in [5.41, 5.74) is 0.771. The summed E-state index contributed by atoms with van der Waals surface area (Å²) in [4.78, 5) is 0. The lowest BCUT2D eigenvalue weighted by molar-refractivity contribution is 0.150. The van der Waals surface area contributed by atoms with Crippen molar-refractivity contribution in [3.8, 4) is 0 Å². The lowest BCUT2D eigenvalue weighted by atomic mass is 10.1. The predicted molar refractivity (Wildman–Crippen MR) is 53.9 cm³/mol. The summed E-state index contributed by atoms with van der Waals surface area (Å²) in [5.74, 6) is 0. The van der Waals surface area contributed by atoms with Gasteiger partial charge in [-0.3, -0.25) is 0 Å². The van der Waals surface area contributed by atoms with Gasteiger partial charge in [0, 0.05) is 9.13 Å². The van der Waals surface area contributed by atoms with Crippen LogP contribution >= 0.6 is 34.2 Å². The van der Waals surface area contributed by atoms with E-state index in [1.807, 2.05) is 22.6 Å². The molecular formula is C8H6ClF2I. The molecule has 0 saturated carbocycles. The fourth-order valence-electron chi connectivity index (χ4n) is 0.878. The zero-order valence-electron chi connectivity index (χ0n) is 6.24. The quantitative estimate of drug-likeness (QED) is 0.682. The van der Waals surface area contributed by atoms with Gasteiger partial charge in [-0.1, -0.05) is 17.7 Å². The summed E-state index contributed by atoms with van der Waals surface area (Å²) in [7, 11) is 0. The van der Waals surface area contributed by atoms with Gasteiger partial charge in [0.15, 0.2) is 0 Å². The lowest BCUT2D eigenvalue weighted by Gasteiger charge is -2.07. The molecule has 66 valence electrons.